The van der Waals surface area contributed by atoms with Crippen molar-refractivity contribution in [3.63, 3.8) is 0 Å². The van der Waals surface area contributed by atoms with Gasteiger partial charge in [-0.3, -0.25) is 9.48 Å². The first-order valence-corrected chi connectivity index (χ1v) is 8.70. The van der Waals surface area contributed by atoms with Gasteiger partial charge in [-0.1, -0.05) is 26.0 Å². The SMILES string of the molecule is CCn1cc(C(=O)N(C)CC2COc3ccccc3O2)c(C(C)C)n1. The third-order valence-electron chi connectivity index (χ3n) is 4.28. The van der Waals surface area contributed by atoms with Crippen LogP contribution in [0.2, 0.25) is 0 Å². The fourth-order valence-electron chi connectivity index (χ4n) is 2.94. The third-order valence-corrected chi connectivity index (χ3v) is 4.28. The average molecular weight is 343 g/mol. The summed E-state index contributed by atoms with van der Waals surface area (Å²) in [5.74, 6) is 1.63. The molecule has 3 rings (SSSR count). The maximum atomic E-state index is 12.9. The Morgan fingerprint density at radius 2 is 2.08 bits per heavy atom. The highest BCUT2D eigenvalue weighted by Crippen LogP contribution is 2.31. The molecule has 1 atom stereocenters. The van der Waals surface area contributed by atoms with Crippen LogP contribution in [0, 0.1) is 0 Å². The second kappa shape index (κ2) is 7.17. The zero-order chi connectivity index (χ0) is 18.0. The summed E-state index contributed by atoms with van der Waals surface area (Å²) in [7, 11) is 1.79. The summed E-state index contributed by atoms with van der Waals surface area (Å²) < 4.78 is 13.5. The van der Waals surface area contributed by atoms with Gasteiger partial charge in [-0.25, -0.2) is 0 Å². The molecule has 0 saturated carbocycles. The van der Waals surface area contributed by atoms with Crippen molar-refractivity contribution >= 4 is 5.91 Å². The lowest BCUT2D eigenvalue weighted by Gasteiger charge is -2.29. The lowest BCUT2D eigenvalue weighted by atomic mass is 10.1. The number of para-hydroxylation sites is 2. The molecule has 0 spiro atoms. The molecular formula is C19H25N3O3. The third kappa shape index (κ3) is 3.62. The summed E-state index contributed by atoms with van der Waals surface area (Å²) in [4.78, 5) is 14.6. The Balaban J connectivity index is 1.71. The van der Waals surface area contributed by atoms with E-state index in [1.807, 2.05) is 55.9 Å². The smallest absolute Gasteiger partial charge is 0.257 e. The molecule has 0 saturated heterocycles. The molecule has 1 aromatic carbocycles. The van der Waals surface area contributed by atoms with Gasteiger partial charge in [0.2, 0.25) is 0 Å². The van der Waals surface area contributed by atoms with Gasteiger partial charge in [0, 0.05) is 19.8 Å². The van der Waals surface area contributed by atoms with Crippen molar-refractivity contribution in [1.82, 2.24) is 14.7 Å². The highest BCUT2D eigenvalue weighted by atomic mass is 16.6. The van der Waals surface area contributed by atoms with Crippen molar-refractivity contribution in [2.24, 2.45) is 0 Å². The number of carbonyl (C=O) groups excluding carboxylic acids is 1. The Morgan fingerprint density at radius 1 is 1.36 bits per heavy atom. The van der Waals surface area contributed by atoms with Crippen LogP contribution in [0.25, 0.3) is 0 Å². The average Bonchev–Trinajstić information content (AvgIpc) is 3.05. The number of nitrogens with zero attached hydrogens (tertiary/aromatic N) is 3. The Kier molecular flexibility index (Phi) is 4.97. The van der Waals surface area contributed by atoms with E-state index in [-0.39, 0.29) is 17.9 Å². The minimum atomic E-state index is -0.187. The topological polar surface area (TPSA) is 56.6 Å². The predicted molar refractivity (Wildman–Crippen MR) is 95.3 cm³/mol. The van der Waals surface area contributed by atoms with E-state index in [4.69, 9.17) is 9.47 Å². The van der Waals surface area contributed by atoms with Crippen LogP contribution in [0.5, 0.6) is 11.5 Å². The normalized spacial score (nSPS) is 16.1. The van der Waals surface area contributed by atoms with Crippen molar-refractivity contribution in [3.05, 3.63) is 41.7 Å². The summed E-state index contributed by atoms with van der Waals surface area (Å²) in [6.45, 7) is 7.75. The van der Waals surface area contributed by atoms with Crippen LogP contribution in [0.4, 0.5) is 0 Å². The van der Waals surface area contributed by atoms with Crippen LogP contribution in [0.3, 0.4) is 0 Å². The van der Waals surface area contributed by atoms with Crippen molar-refractivity contribution in [1.29, 1.82) is 0 Å². The van der Waals surface area contributed by atoms with E-state index in [9.17, 15) is 4.79 Å². The van der Waals surface area contributed by atoms with Gasteiger partial charge >= 0.3 is 0 Å². The van der Waals surface area contributed by atoms with E-state index in [0.29, 0.717) is 18.7 Å². The largest absolute Gasteiger partial charge is 0.486 e. The zero-order valence-corrected chi connectivity index (χ0v) is 15.2. The van der Waals surface area contributed by atoms with Crippen LogP contribution >= 0.6 is 0 Å². The molecule has 6 heteroatoms. The van der Waals surface area contributed by atoms with Crippen LogP contribution in [-0.4, -0.2) is 46.9 Å². The number of benzene rings is 1. The summed E-state index contributed by atoms with van der Waals surface area (Å²) in [6.07, 6.45) is 1.65. The van der Waals surface area contributed by atoms with Crippen LogP contribution < -0.4 is 9.47 Å². The monoisotopic (exact) mass is 343 g/mol. The molecule has 0 bridgehead atoms. The van der Waals surface area contributed by atoms with Gasteiger partial charge in [-0.05, 0) is 25.0 Å². The first kappa shape index (κ1) is 17.3. The summed E-state index contributed by atoms with van der Waals surface area (Å²) >= 11 is 0. The summed E-state index contributed by atoms with van der Waals surface area (Å²) in [5, 5.41) is 4.52. The molecule has 6 nitrogen and oxygen atoms in total. The number of hydrogen-bond acceptors (Lipinski definition) is 4. The molecule has 1 unspecified atom stereocenters. The zero-order valence-electron chi connectivity index (χ0n) is 15.2. The number of aromatic nitrogens is 2. The number of fused-ring (bicyclic) bond motifs is 1. The highest BCUT2D eigenvalue weighted by Gasteiger charge is 2.26. The van der Waals surface area contributed by atoms with E-state index in [1.165, 1.54) is 0 Å². The molecule has 0 N–H and O–H groups in total. The first-order chi connectivity index (χ1) is 12.0. The van der Waals surface area contributed by atoms with E-state index in [1.54, 1.807) is 11.9 Å². The van der Waals surface area contributed by atoms with Crippen molar-refractivity contribution in [3.8, 4) is 11.5 Å². The molecule has 134 valence electrons. The molecule has 0 fully saturated rings. The number of likely N-dealkylation sites (N-methyl/N-ethyl adjacent to an activating group) is 1. The van der Waals surface area contributed by atoms with E-state index < -0.39 is 0 Å². The standard InChI is InChI=1S/C19H25N3O3/c1-5-22-11-15(18(20-22)13(2)3)19(23)21(4)10-14-12-24-16-8-6-7-9-17(16)25-14/h6-9,11,13-14H,5,10,12H2,1-4H3. The van der Waals surface area contributed by atoms with Gasteiger partial charge in [0.05, 0.1) is 17.8 Å². The Labute approximate surface area is 148 Å². The molecule has 2 aromatic rings. The predicted octanol–water partition coefficient (Wildman–Crippen LogP) is 2.94. The molecule has 1 aliphatic rings. The molecule has 1 amide bonds. The van der Waals surface area contributed by atoms with Gasteiger partial charge in [-0.15, -0.1) is 0 Å². The number of hydrogen-bond donors (Lipinski definition) is 0. The second-order valence-electron chi connectivity index (χ2n) is 6.62. The minimum absolute atomic E-state index is 0.0362. The molecule has 0 radical (unpaired) electrons. The first-order valence-electron chi connectivity index (χ1n) is 8.70. The number of carbonyl (C=O) groups is 1. The Hall–Kier alpha value is -2.50. The highest BCUT2D eigenvalue weighted by molar-refractivity contribution is 5.95. The van der Waals surface area contributed by atoms with Gasteiger partial charge in [-0.2, -0.15) is 5.10 Å². The summed E-state index contributed by atoms with van der Waals surface area (Å²) in [5.41, 5.74) is 1.50. The molecule has 25 heavy (non-hydrogen) atoms. The number of rotatable bonds is 5. The molecular weight excluding hydrogens is 318 g/mol. The van der Waals surface area contributed by atoms with Gasteiger partial charge < -0.3 is 14.4 Å². The van der Waals surface area contributed by atoms with Crippen molar-refractivity contribution in [2.45, 2.75) is 39.3 Å². The molecule has 1 aromatic heterocycles. The van der Waals surface area contributed by atoms with Gasteiger partial charge in [0.25, 0.3) is 5.91 Å². The Bertz CT molecular complexity index is 754. The lowest BCUT2D eigenvalue weighted by Crippen LogP contribution is -2.42. The molecule has 2 heterocycles. The van der Waals surface area contributed by atoms with Gasteiger partial charge in [0.15, 0.2) is 17.6 Å². The number of amides is 1. The fourth-order valence-corrected chi connectivity index (χ4v) is 2.94. The van der Waals surface area contributed by atoms with E-state index in [0.717, 1.165) is 23.7 Å². The quantitative estimate of drug-likeness (QED) is 0.837. The Morgan fingerprint density at radius 3 is 2.76 bits per heavy atom. The molecule has 1 aliphatic heterocycles. The van der Waals surface area contributed by atoms with Crippen molar-refractivity contribution < 1.29 is 14.3 Å². The van der Waals surface area contributed by atoms with Gasteiger partial charge in [0.1, 0.15) is 6.61 Å². The number of aryl methyl sites for hydroxylation is 1. The van der Waals surface area contributed by atoms with Crippen LogP contribution in [-0.2, 0) is 6.54 Å². The van der Waals surface area contributed by atoms with Crippen LogP contribution in [0.15, 0.2) is 30.5 Å². The maximum Gasteiger partial charge on any atom is 0.257 e. The van der Waals surface area contributed by atoms with Crippen molar-refractivity contribution in [2.75, 3.05) is 20.2 Å². The fraction of sp³-hybridized carbons (Fsp3) is 0.474. The second-order valence-corrected chi connectivity index (χ2v) is 6.62. The maximum absolute atomic E-state index is 12.9. The number of ether oxygens (including phenoxy) is 2. The molecule has 0 aliphatic carbocycles. The van der Waals surface area contributed by atoms with E-state index >= 15 is 0 Å². The summed E-state index contributed by atoms with van der Waals surface area (Å²) in [6, 6.07) is 7.59. The van der Waals surface area contributed by atoms with E-state index in [2.05, 4.69) is 5.10 Å². The minimum Gasteiger partial charge on any atom is -0.486 e. The van der Waals surface area contributed by atoms with Crippen LogP contribution in [0.1, 0.15) is 42.7 Å². The lowest BCUT2D eigenvalue weighted by molar-refractivity contribution is 0.0520.